The van der Waals surface area contributed by atoms with E-state index in [1.165, 1.54) is 0 Å². The summed E-state index contributed by atoms with van der Waals surface area (Å²) in [6.45, 7) is 7.53. The van der Waals surface area contributed by atoms with Crippen molar-refractivity contribution in [3.8, 4) is 0 Å². The van der Waals surface area contributed by atoms with Crippen LogP contribution in [0.4, 0.5) is 0 Å². The lowest BCUT2D eigenvalue weighted by Gasteiger charge is -2.21. The van der Waals surface area contributed by atoms with Gasteiger partial charge in [-0.3, -0.25) is 4.79 Å². The molecule has 0 aromatic rings. The Kier molecular flexibility index (Phi) is 5.05. The SMILES string of the molecule is CCCNC(=O)C(C)NC1CCOC1C. The minimum Gasteiger partial charge on any atom is -0.377 e. The predicted molar refractivity (Wildman–Crippen MR) is 59.7 cm³/mol. The fraction of sp³-hybridized carbons (Fsp3) is 0.909. The third kappa shape index (κ3) is 3.80. The van der Waals surface area contributed by atoms with E-state index >= 15 is 0 Å². The molecular formula is C11H22N2O2. The smallest absolute Gasteiger partial charge is 0.236 e. The van der Waals surface area contributed by atoms with Crippen LogP contribution in [-0.4, -0.2) is 37.2 Å². The Morgan fingerprint density at radius 1 is 1.60 bits per heavy atom. The maximum absolute atomic E-state index is 11.6. The number of carbonyl (C=O) groups excluding carboxylic acids is 1. The zero-order valence-corrected chi connectivity index (χ0v) is 9.88. The van der Waals surface area contributed by atoms with Crippen LogP contribution in [0.5, 0.6) is 0 Å². The highest BCUT2D eigenvalue weighted by molar-refractivity contribution is 5.81. The van der Waals surface area contributed by atoms with Gasteiger partial charge in [-0.1, -0.05) is 6.92 Å². The molecule has 15 heavy (non-hydrogen) atoms. The zero-order valence-electron chi connectivity index (χ0n) is 9.88. The lowest BCUT2D eigenvalue weighted by Crippen LogP contribution is -2.48. The molecule has 2 N–H and O–H groups in total. The number of carbonyl (C=O) groups is 1. The topological polar surface area (TPSA) is 50.4 Å². The molecule has 1 heterocycles. The van der Waals surface area contributed by atoms with E-state index < -0.39 is 0 Å². The molecule has 3 atom stereocenters. The van der Waals surface area contributed by atoms with Gasteiger partial charge in [-0.05, 0) is 26.7 Å². The van der Waals surface area contributed by atoms with Crippen LogP contribution in [0.15, 0.2) is 0 Å². The first kappa shape index (κ1) is 12.5. The van der Waals surface area contributed by atoms with E-state index in [9.17, 15) is 4.79 Å². The van der Waals surface area contributed by atoms with Gasteiger partial charge in [0.15, 0.2) is 0 Å². The van der Waals surface area contributed by atoms with Gasteiger partial charge in [-0.15, -0.1) is 0 Å². The monoisotopic (exact) mass is 214 g/mol. The number of hydrogen-bond donors (Lipinski definition) is 2. The zero-order chi connectivity index (χ0) is 11.3. The molecule has 1 rings (SSSR count). The molecule has 1 fully saturated rings. The van der Waals surface area contributed by atoms with Crippen molar-refractivity contribution in [3.05, 3.63) is 0 Å². The van der Waals surface area contributed by atoms with Crippen LogP contribution in [0.2, 0.25) is 0 Å². The summed E-state index contributed by atoms with van der Waals surface area (Å²) in [5.41, 5.74) is 0. The van der Waals surface area contributed by atoms with Crippen molar-refractivity contribution >= 4 is 5.91 Å². The lowest BCUT2D eigenvalue weighted by molar-refractivity contribution is -0.123. The number of nitrogens with one attached hydrogen (secondary N) is 2. The summed E-state index contributed by atoms with van der Waals surface area (Å²) in [6.07, 6.45) is 2.18. The summed E-state index contributed by atoms with van der Waals surface area (Å²) in [6, 6.07) is 0.179. The van der Waals surface area contributed by atoms with Crippen molar-refractivity contribution in [1.29, 1.82) is 0 Å². The number of rotatable bonds is 5. The molecule has 4 heteroatoms. The van der Waals surface area contributed by atoms with Gasteiger partial charge < -0.3 is 15.4 Å². The van der Waals surface area contributed by atoms with Crippen molar-refractivity contribution < 1.29 is 9.53 Å². The molecule has 88 valence electrons. The molecule has 4 nitrogen and oxygen atoms in total. The predicted octanol–water partition coefficient (Wildman–Crippen LogP) is 0.668. The number of hydrogen-bond acceptors (Lipinski definition) is 3. The number of ether oxygens (including phenoxy) is 1. The highest BCUT2D eigenvalue weighted by atomic mass is 16.5. The standard InChI is InChI=1S/C11H22N2O2/c1-4-6-12-11(14)8(2)13-10-5-7-15-9(10)3/h8-10,13H,4-7H2,1-3H3,(H,12,14). The van der Waals surface area contributed by atoms with E-state index in [2.05, 4.69) is 10.6 Å². The highest BCUT2D eigenvalue weighted by Crippen LogP contribution is 2.13. The van der Waals surface area contributed by atoms with Crippen LogP contribution in [0.25, 0.3) is 0 Å². The molecule has 1 aliphatic heterocycles. The summed E-state index contributed by atoms with van der Waals surface area (Å²) in [5.74, 6) is 0.0796. The van der Waals surface area contributed by atoms with Crippen LogP contribution < -0.4 is 10.6 Å². The van der Waals surface area contributed by atoms with E-state index in [1.54, 1.807) is 0 Å². The molecular weight excluding hydrogens is 192 g/mol. The highest BCUT2D eigenvalue weighted by Gasteiger charge is 2.26. The molecule has 1 saturated heterocycles. The molecule has 0 aromatic heterocycles. The van der Waals surface area contributed by atoms with E-state index in [0.717, 1.165) is 26.0 Å². The second-order valence-electron chi connectivity index (χ2n) is 4.15. The van der Waals surface area contributed by atoms with Crippen molar-refractivity contribution in [2.24, 2.45) is 0 Å². The Morgan fingerprint density at radius 2 is 2.33 bits per heavy atom. The van der Waals surface area contributed by atoms with Gasteiger partial charge >= 0.3 is 0 Å². The Hall–Kier alpha value is -0.610. The Morgan fingerprint density at radius 3 is 2.87 bits per heavy atom. The van der Waals surface area contributed by atoms with Gasteiger partial charge in [-0.2, -0.15) is 0 Å². The summed E-state index contributed by atoms with van der Waals surface area (Å²) in [4.78, 5) is 11.6. The summed E-state index contributed by atoms with van der Waals surface area (Å²) >= 11 is 0. The van der Waals surface area contributed by atoms with Crippen LogP contribution in [0, 0.1) is 0 Å². The van der Waals surface area contributed by atoms with E-state index in [-0.39, 0.29) is 18.1 Å². The van der Waals surface area contributed by atoms with Gasteiger partial charge in [0.1, 0.15) is 0 Å². The normalized spacial score (nSPS) is 27.7. The van der Waals surface area contributed by atoms with Crippen molar-refractivity contribution in [2.75, 3.05) is 13.2 Å². The van der Waals surface area contributed by atoms with Gasteiger partial charge in [0, 0.05) is 19.2 Å². The minimum absolute atomic E-state index is 0.0796. The molecule has 0 bridgehead atoms. The minimum atomic E-state index is -0.134. The maximum atomic E-state index is 11.6. The van der Waals surface area contributed by atoms with E-state index in [1.807, 2.05) is 20.8 Å². The van der Waals surface area contributed by atoms with Crippen LogP contribution in [-0.2, 0) is 9.53 Å². The Balaban J connectivity index is 2.27. The first-order chi connectivity index (χ1) is 7.15. The van der Waals surface area contributed by atoms with Gasteiger partial charge in [-0.25, -0.2) is 0 Å². The summed E-state index contributed by atoms with van der Waals surface area (Å²) in [7, 11) is 0. The molecule has 0 aliphatic carbocycles. The van der Waals surface area contributed by atoms with Crippen molar-refractivity contribution in [2.45, 2.75) is 51.8 Å². The average Bonchev–Trinajstić information content (AvgIpc) is 2.61. The molecule has 0 spiro atoms. The molecule has 1 amide bonds. The first-order valence-electron chi connectivity index (χ1n) is 5.80. The quantitative estimate of drug-likeness (QED) is 0.707. The molecule has 3 unspecified atom stereocenters. The molecule has 0 radical (unpaired) electrons. The van der Waals surface area contributed by atoms with Gasteiger partial charge in [0.25, 0.3) is 0 Å². The van der Waals surface area contributed by atoms with Gasteiger partial charge in [0.05, 0.1) is 12.1 Å². The maximum Gasteiger partial charge on any atom is 0.236 e. The Labute approximate surface area is 91.8 Å². The third-order valence-electron chi connectivity index (χ3n) is 2.78. The number of amides is 1. The average molecular weight is 214 g/mol. The second kappa shape index (κ2) is 6.08. The van der Waals surface area contributed by atoms with Crippen LogP contribution >= 0.6 is 0 Å². The summed E-state index contributed by atoms with van der Waals surface area (Å²) < 4.78 is 5.43. The van der Waals surface area contributed by atoms with Crippen molar-refractivity contribution in [1.82, 2.24) is 10.6 Å². The largest absolute Gasteiger partial charge is 0.377 e. The fourth-order valence-corrected chi connectivity index (χ4v) is 1.75. The molecule has 0 saturated carbocycles. The fourth-order valence-electron chi connectivity index (χ4n) is 1.75. The molecule has 1 aliphatic rings. The van der Waals surface area contributed by atoms with Gasteiger partial charge in [0.2, 0.25) is 5.91 Å². The van der Waals surface area contributed by atoms with E-state index in [4.69, 9.17) is 4.74 Å². The second-order valence-corrected chi connectivity index (χ2v) is 4.15. The third-order valence-corrected chi connectivity index (χ3v) is 2.78. The van der Waals surface area contributed by atoms with Crippen LogP contribution in [0.3, 0.4) is 0 Å². The van der Waals surface area contributed by atoms with Crippen LogP contribution in [0.1, 0.15) is 33.6 Å². The Bertz CT molecular complexity index is 209. The molecule has 0 aromatic carbocycles. The first-order valence-corrected chi connectivity index (χ1v) is 5.80. The van der Waals surface area contributed by atoms with Crippen molar-refractivity contribution in [3.63, 3.8) is 0 Å². The lowest BCUT2D eigenvalue weighted by atomic mass is 10.1. The summed E-state index contributed by atoms with van der Waals surface area (Å²) in [5, 5.41) is 6.18. The van der Waals surface area contributed by atoms with E-state index in [0.29, 0.717) is 6.04 Å².